The molecule has 0 saturated heterocycles. The first kappa shape index (κ1) is 18.3. The Bertz CT molecular complexity index is 1190. The van der Waals surface area contributed by atoms with Crippen LogP contribution in [0.5, 0.6) is 0 Å². The Morgan fingerprint density at radius 1 is 1.28 bits per heavy atom. The van der Waals surface area contributed by atoms with E-state index in [4.69, 9.17) is 9.97 Å². The lowest BCUT2D eigenvalue weighted by atomic mass is 9.85. The molecule has 0 amide bonds. The summed E-state index contributed by atoms with van der Waals surface area (Å²) in [6.07, 6.45) is 8.30. The molecule has 0 fully saturated rings. The maximum absolute atomic E-state index is 5.05. The number of aromatic nitrogens is 5. The lowest BCUT2D eigenvalue weighted by Gasteiger charge is -2.22. The predicted molar refractivity (Wildman–Crippen MR) is 119 cm³/mol. The van der Waals surface area contributed by atoms with Crippen molar-refractivity contribution in [1.82, 2.24) is 24.9 Å². The second-order valence-electron chi connectivity index (χ2n) is 8.50. The van der Waals surface area contributed by atoms with Gasteiger partial charge in [-0.15, -0.1) is 11.3 Å². The molecule has 0 aliphatic heterocycles. The molecule has 8 heteroatoms. The van der Waals surface area contributed by atoms with Crippen molar-refractivity contribution in [1.29, 1.82) is 0 Å². The lowest BCUT2D eigenvalue weighted by Crippen LogP contribution is -2.16. The van der Waals surface area contributed by atoms with Gasteiger partial charge in [0.1, 0.15) is 22.8 Å². The van der Waals surface area contributed by atoms with Crippen LogP contribution in [0.25, 0.3) is 20.4 Å². The minimum Gasteiger partial charge on any atom is -0.368 e. The van der Waals surface area contributed by atoms with Gasteiger partial charge in [0.05, 0.1) is 16.5 Å². The standard InChI is InChI=1S/C21H25N7S/c1-21(2)7-5-13-15(21)14-16-17(29-20(14)27-19(13)28(3)4)18(26-11-25-16)23-8-6-12-9-22-10-24-12/h9-11H,5-8H2,1-4H3,(H,22,24)(H,23,25,26). The van der Waals surface area contributed by atoms with E-state index in [0.29, 0.717) is 0 Å². The van der Waals surface area contributed by atoms with Gasteiger partial charge in [0, 0.05) is 44.3 Å². The molecule has 0 unspecified atom stereocenters. The van der Waals surface area contributed by atoms with Crippen molar-refractivity contribution >= 4 is 43.4 Å². The molecule has 1 aliphatic carbocycles. The van der Waals surface area contributed by atoms with E-state index in [9.17, 15) is 0 Å². The largest absolute Gasteiger partial charge is 0.368 e. The summed E-state index contributed by atoms with van der Waals surface area (Å²) in [7, 11) is 4.16. The van der Waals surface area contributed by atoms with Crippen LogP contribution in [0, 0.1) is 0 Å². The quantitative estimate of drug-likeness (QED) is 0.522. The first-order valence-electron chi connectivity index (χ1n) is 9.95. The minimum atomic E-state index is 0.119. The van der Waals surface area contributed by atoms with Crippen molar-refractivity contribution in [3.05, 3.63) is 35.7 Å². The molecule has 150 valence electrons. The molecule has 4 aromatic rings. The van der Waals surface area contributed by atoms with Crippen LogP contribution in [-0.4, -0.2) is 45.6 Å². The normalized spacial score (nSPS) is 15.2. The maximum Gasteiger partial charge on any atom is 0.147 e. The van der Waals surface area contributed by atoms with Crippen molar-refractivity contribution in [2.45, 2.75) is 38.5 Å². The SMILES string of the molecule is CN(C)c1nc2sc3c(NCCc4cnc[nH]4)ncnc3c2c2c1CCC2(C)C. The monoisotopic (exact) mass is 407 g/mol. The van der Waals surface area contributed by atoms with E-state index in [1.165, 1.54) is 16.5 Å². The molecule has 29 heavy (non-hydrogen) atoms. The smallest absolute Gasteiger partial charge is 0.147 e. The molecule has 0 atom stereocenters. The molecular weight excluding hydrogens is 382 g/mol. The van der Waals surface area contributed by atoms with Gasteiger partial charge in [-0.05, 0) is 29.4 Å². The highest BCUT2D eigenvalue weighted by Crippen LogP contribution is 2.49. The molecule has 2 N–H and O–H groups in total. The van der Waals surface area contributed by atoms with Crippen LogP contribution in [0.15, 0.2) is 18.9 Å². The van der Waals surface area contributed by atoms with Gasteiger partial charge < -0.3 is 15.2 Å². The summed E-state index contributed by atoms with van der Waals surface area (Å²) in [5.41, 5.74) is 5.04. The van der Waals surface area contributed by atoms with Gasteiger partial charge in [-0.3, -0.25) is 0 Å². The lowest BCUT2D eigenvalue weighted by molar-refractivity contribution is 0.526. The number of fused-ring (bicyclic) bond motifs is 5. The Balaban J connectivity index is 1.64. The molecule has 0 saturated carbocycles. The van der Waals surface area contributed by atoms with E-state index in [0.717, 1.165) is 58.2 Å². The third-order valence-electron chi connectivity index (χ3n) is 5.82. The number of pyridine rings is 1. The summed E-state index contributed by atoms with van der Waals surface area (Å²) in [6, 6.07) is 0. The Labute approximate surface area is 173 Å². The Morgan fingerprint density at radius 3 is 2.90 bits per heavy atom. The Morgan fingerprint density at radius 2 is 2.14 bits per heavy atom. The van der Waals surface area contributed by atoms with E-state index < -0.39 is 0 Å². The Kier molecular flexibility index (Phi) is 4.20. The van der Waals surface area contributed by atoms with Gasteiger partial charge in [0.25, 0.3) is 0 Å². The minimum absolute atomic E-state index is 0.119. The third-order valence-corrected chi connectivity index (χ3v) is 6.90. The maximum atomic E-state index is 5.05. The van der Waals surface area contributed by atoms with Crippen LogP contribution in [-0.2, 0) is 18.3 Å². The number of thiophene rings is 1. The van der Waals surface area contributed by atoms with Crippen LogP contribution in [0.1, 0.15) is 37.1 Å². The number of aromatic amines is 1. The molecular formula is C21H25N7S. The number of anilines is 2. The van der Waals surface area contributed by atoms with Crippen molar-refractivity contribution in [2.24, 2.45) is 0 Å². The van der Waals surface area contributed by atoms with Gasteiger partial charge in [0.15, 0.2) is 0 Å². The number of hydrogen-bond acceptors (Lipinski definition) is 7. The van der Waals surface area contributed by atoms with Crippen LogP contribution in [0.3, 0.4) is 0 Å². The first-order chi connectivity index (χ1) is 14.0. The fourth-order valence-electron chi connectivity index (χ4n) is 4.41. The number of H-pyrrole nitrogens is 1. The topological polar surface area (TPSA) is 82.6 Å². The number of hydrogen-bond donors (Lipinski definition) is 2. The van der Waals surface area contributed by atoms with Gasteiger partial charge in [0.2, 0.25) is 0 Å². The molecule has 7 nitrogen and oxygen atoms in total. The van der Waals surface area contributed by atoms with E-state index in [2.05, 4.69) is 53.1 Å². The van der Waals surface area contributed by atoms with E-state index in [1.54, 1.807) is 24.0 Å². The molecule has 0 spiro atoms. The third kappa shape index (κ3) is 2.93. The fourth-order valence-corrected chi connectivity index (χ4v) is 5.51. The summed E-state index contributed by atoms with van der Waals surface area (Å²) >= 11 is 1.69. The molecule has 4 heterocycles. The first-order valence-corrected chi connectivity index (χ1v) is 10.8. The predicted octanol–water partition coefficient (Wildman–Crippen LogP) is 3.91. The van der Waals surface area contributed by atoms with Crippen LogP contribution >= 0.6 is 11.3 Å². The molecule has 1 aliphatic rings. The van der Waals surface area contributed by atoms with Crippen molar-refractivity contribution in [3.8, 4) is 0 Å². The molecule has 5 rings (SSSR count). The highest BCUT2D eigenvalue weighted by Gasteiger charge is 2.36. The van der Waals surface area contributed by atoms with Gasteiger partial charge in [-0.1, -0.05) is 13.8 Å². The summed E-state index contributed by atoms with van der Waals surface area (Å²) in [5.74, 6) is 1.97. The summed E-state index contributed by atoms with van der Waals surface area (Å²) < 4.78 is 1.08. The van der Waals surface area contributed by atoms with E-state index >= 15 is 0 Å². The zero-order valence-corrected chi connectivity index (χ0v) is 18.0. The Hall–Kier alpha value is -2.74. The fraction of sp³-hybridized carbons (Fsp3) is 0.429. The van der Waals surface area contributed by atoms with E-state index in [1.807, 2.05) is 6.20 Å². The molecule has 0 aromatic carbocycles. The number of rotatable bonds is 5. The highest BCUT2D eigenvalue weighted by molar-refractivity contribution is 7.26. The van der Waals surface area contributed by atoms with E-state index in [-0.39, 0.29) is 5.41 Å². The van der Waals surface area contributed by atoms with Crippen molar-refractivity contribution < 1.29 is 0 Å². The number of imidazole rings is 1. The summed E-state index contributed by atoms with van der Waals surface area (Å²) in [4.78, 5) is 24.7. The number of nitrogens with zero attached hydrogens (tertiary/aromatic N) is 5. The average molecular weight is 408 g/mol. The number of nitrogens with one attached hydrogen (secondary N) is 2. The molecule has 0 radical (unpaired) electrons. The van der Waals surface area contributed by atoms with Gasteiger partial charge in [-0.25, -0.2) is 19.9 Å². The zero-order valence-electron chi connectivity index (χ0n) is 17.2. The van der Waals surface area contributed by atoms with Gasteiger partial charge >= 0.3 is 0 Å². The molecule has 4 aromatic heterocycles. The second kappa shape index (κ2) is 6.66. The van der Waals surface area contributed by atoms with Crippen LogP contribution in [0.4, 0.5) is 11.6 Å². The molecule has 0 bridgehead atoms. The van der Waals surface area contributed by atoms with Crippen molar-refractivity contribution in [2.75, 3.05) is 30.9 Å². The van der Waals surface area contributed by atoms with Crippen LogP contribution < -0.4 is 10.2 Å². The van der Waals surface area contributed by atoms with Crippen LogP contribution in [0.2, 0.25) is 0 Å². The zero-order chi connectivity index (χ0) is 20.2. The summed E-state index contributed by atoms with van der Waals surface area (Å²) in [6.45, 7) is 5.46. The second-order valence-corrected chi connectivity index (χ2v) is 9.50. The van der Waals surface area contributed by atoms with Gasteiger partial charge in [-0.2, -0.15) is 0 Å². The summed E-state index contributed by atoms with van der Waals surface area (Å²) in [5, 5.41) is 4.70. The highest BCUT2D eigenvalue weighted by atomic mass is 32.1. The van der Waals surface area contributed by atoms with Crippen molar-refractivity contribution in [3.63, 3.8) is 0 Å². The average Bonchev–Trinajstić information content (AvgIpc) is 3.39.